The fraction of sp³-hybridized carbons (Fsp3) is 0.750. The highest BCUT2D eigenvalue weighted by Crippen LogP contribution is 2.63. The molecular weight excluding hydrogens is 892 g/mol. The Morgan fingerprint density at radius 1 is 0.517 bits per heavy atom. The van der Waals surface area contributed by atoms with Crippen molar-refractivity contribution in [1.29, 1.82) is 0 Å². The van der Waals surface area contributed by atoms with E-state index in [2.05, 4.69) is 4.74 Å². The molecule has 340 valence electrons. The summed E-state index contributed by atoms with van der Waals surface area (Å²) < 4.78 is 360. The summed E-state index contributed by atoms with van der Waals surface area (Å²) in [6.45, 7) is 0.203. The third-order valence-electron chi connectivity index (χ3n) is 8.24. The number of hydrogen-bond donors (Lipinski definition) is 2. The minimum absolute atomic E-state index is 0.405. The van der Waals surface area contributed by atoms with Crippen LogP contribution in [0, 0.1) is 0 Å². The van der Waals surface area contributed by atoms with Gasteiger partial charge < -0.3 is 15.2 Å². The van der Waals surface area contributed by atoms with Crippen LogP contribution in [0.25, 0.3) is 0 Å². The quantitative estimate of drug-likeness (QED) is 0.136. The molecule has 0 spiro atoms. The van der Waals surface area contributed by atoms with Crippen molar-refractivity contribution in [2.45, 2.75) is 122 Å². The molecule has 1 amide bonds. The number of alkyl carbamates (subject to hydrolysis) is 1. The lowest BCUT2D eigenvalue weighted by Crippen LogP contribution is -2.70. The highest BCUT2D eigenvalue weighted by molar-refractivity contribution is 5.67. The van der Waals surface area contributed by atoms with Gasteiger partial charge >= 0.3 is 77.7 Å². The number of carbonyl (C=O) groups excluding carboxylic acids is 1. The Hall–Kier alpha value is -3.37. The first kappa shape index (κ1) is 52.6. The zero-order valence-corrected chi connectivity index (χ0v) is 27.8. The van der Waals surface area contributed by atoms with Crippen molar-refractivity contribution in [3.05, 3.63) is 35.9 Å². The predicted molar refractivity (Wildman–Crippen MR) is 139 cm³/mol. The lowest BCUT2D eigenvalue weighted by molar-refractivity contribution is -0.440. The first-order valence-electron chi connectivity index (χ1n) is 15.0. The molecule has 2 N–H and O–H groups in total. The topological polar surface area (TPSA) is 58.6 Å². The Kier molecular flexibility index (Phi) is 14.4. The average molecular weight is 915 g/mol. The fourth-order valence-electron chi connectivity index (χ4n) is 4.68. The molecule has 58 heavy (non-hydrogen) atoms. The van der Waals surface area contributed by atoms with E-state index in [0.717, 1.165) is 37.3 Å². The van der Waals surface area contributed by atoms with Crippen LogP contribution in [0.15, 0.2) is 30.3 Å². The summed E-state index contributed by atoms with van der Waals surface area (Å²) in [5.74, 6) is -81.1. The van der Waals surface area contributed by atoms with Gasteiger partial charge in [-0.15, -0.1) is 0 Å². The summed E-state index contributed by atoms with van der Waals surface area (Å²) in [6.07, 6.45) is -31.8. The Labute approximate surface area is 305 Å². The lowest BCUT2D eigenvalue weighted by Gasteiger charge is -2.43. The van der Waals surface area contributed by atoms with E-state index in [9.17, 15) is 124 Å². The Balaban J connectivity index is 3.96. The molecule has 0 unspecified atom stereocenters. The van der Waals surface area contributed by atoms with Crippen molar-refractivity contribution in [2.24, 2.45) is 0 Å². The molecule has 0 aliphatic carbocycles. The first-order chi connectivity index (χ1) is 25.3. The normalized spacial score (nSPS) is 16.0. The molecule has 0 bridgehead atoms. The smallest absolute Gasteiger partial charge is 0.450 e. The van der Waals surface area contributed by atoms with E-state index in [1.165, 1.54) is 5.32 Å². The summed E-state index contributed by atoms with van der Waals surface area (Å²) in [4.78, 5) is 12.2. The average Bonchev–Trinajstić information content (AvgIpc) is 3.05. The number of aliphatic hydroxyl groups is 1. The van der Waals surface area contributed by atoms with Gasteiger partial charge in [0.1, 0.15) is 0 Å². The molecule has 1 atom stereocenters. The molecule has 0 saturated heterocycles. The van der Waals surface area contributed by atoms with Crippen LogP contribution in [0.2, 0.25) is 0 Å². The van der Waals surface area contributed by atoms with Gasteiger partial charge in [0.15, 0.2) is 0 Å². The zero-order chi connectivity index (χ0) is 46.4. The van der Waals surface area contributed by atoms with Crippen molar-refractivity contribution in [2.75, 3.05) is 6.61 Å². The molecule has 0 aromatic heterocycles. The summed E-state index contributed by atoms with van der Waals surface area (Å²) in [5.41, 5.74) is -4.76. The number of carbonyl (C=O) groups is 1. The molecule has 4 nitrogen and oxygen atoms in total. The van der Waals surface area contributed by atoms with Gasteiger partial charge in [-0.05, 0) is 31.7 Å². The van der Waals surface area contributed by atoms with Crippen LogP contribution in [0.1, 0.15) is 38.2 Å². The molecule has 1 aromatic rings. The van der Waals surface area contributed by atoms with E-state index in [1.807, 2.05) is 0 Å². The van der Waals surface area contributed by atoms with E-state index < -0.39 is 134 Å². The second-order valence-electron chi connectivity index (χ2n) is 12.2. The predicted octanol–water partition coefficient (Wildman–Crippen LogP) is 11.1. The van der Waals surface area contributed by atoms with Crippen molar-refractivity contribution in [1.82, 2.24) is 5.32 Å². The van der Waals surface area contributed by atoms with Gasteiger partial charge in [-0.1, -0.05) is 30.3 Å². The zero-order valence-electron chi connectivity index (χ0n) is 27.8. The molecular formula is C28H23F26NO3. The second kappa shape index (κ2) is 15.9. The molecule has 30 heteroatoms. The monoisotopic (exact) mass is 915 g/mol. The van der Waals surface area contributed by atoms with Crippen LogP contribution in [0.3, 0.4) is 0 Å². The second-order valence-corrected chi connectivity index (χ2v) is 12.2. The van der Waals surface area contributed by atoms with Gasteiger partial charge in [0.2, 0.25) is 0 Å². The van der Waals surface area contributed by atoms with E-state index in [-0.39, 0.29) is 0 Å². The number of hydrogen-bond acceptors (Lipinski definition) is 3. The maximum Gasteiger partial charge on any atom is 0.460 e. The van der Waals surface area contributed by atoms with Gasteiger partial charge in [-0.25, -0.2) is 4.79 Å². The molecule has 0 radical (unpaired) electrons. The Morgan fingerprint density at radius 2 is 0.828 bits per heavy atom. The number of halogens is 26. The Morgan fingerprint density at radius 3 is 1.12 bits per heavy atom. The van der Waals surface area contributed by atoms with E-state index in [1.54, 1.807) is 0 Å². The highest BCUT2D eigenvalue weighted by atomic mass is 19.4. The van der Waals surface area contributed by atoms with Crippen LogP contribution < -0.4 is 5.32 Å². The van der Waals surface area contributed by atoms with E-state index in [4.69, 9.17) is 0 Å². The largest absolute Gasteiger partial charge is 0.460 e. The Bertz CT molecular complexity index is 1460. The van der Waals surface area contributed by atoms with Gasteiger partial charge in [0.05, 0.1) is 18.2 Å². The molecule has 0 aliphatic heterocycles. The maximum atomic E-state index is 14.7. The van der Waals surface area contributed by atoms with Crippen LogP contribution in [-0.2, 0) is 11.2 Å². The molecule has 0 aliphatic rings. The molecule has 1 rings (SSSR count). The number of benzene rings is 1. The van der Waals surface area contributed by atoms with Gasteiger partial charge in [0.25, 0.3) is 0 Å². The van der Waals surface area contributed by atoms with Crippen molar-refractivity contribution < 1.29 is 129 Å². The highest BCUT2D eigenvalue weighted by Gasteiger charge is 2.92. The summed E-state index contributed by atoms with van der Waals surface area (Å²) in [5, 5.41) is 12.5. The molecule has 0 saturated carbocycles. The van der Waals surface area contributed by atoms with Gasteiger partial charge in [0, 0.05) is 12.8 Å². The third-order valence-corrected chi connectivity index (χ3v) is 8.24. The fourth-order valence-corrected chi connectivity index (χ4v) is 4.68. The molecule has 1 aromatic carbocycles. The summed E-state index contributed by atoms with van der Waals surface area (Å²) in [6, 6.07) is 2.01. The number of nitrogens with one attached hydrogen (secondary N) is 1. The lowest BCUT2D eigenvalue weighted by atomic mass is 9.78. The van der Waals surface area contributed by atoms with Crippen molar-refractivity contribution >= 4 is 6.09 Å². The standard InChI is InChI=1S/C28H23F26NO3/c1-2-58-15(56)55-14(12-13-6-4-3-5-7-13)16(57,8-10-17(29,30)19(33,34)21(37,38)23(41,42)25(45,46)27(49,50)51)9-11-18(31,32)20(35,36)22(39,40)24(43,44)26(47,48)28(52,53)54/h3-7,14,57H,2,8-12H2,1H3,(H,55,56)/t14-/m0/s1. The van der Waals surface area contributed by atoms with E-state index >= 15 is 0 Å². The third kappa shape index (κ3) is 8.89. The van der Waals surface area contributed by atoms with Crippen molar-refractivity contribution in [3.63, 3.8) is 0 Å². The van der Waals surface area contributed by atoms with Crippen LogP contribution in [0.5, 0.6) is 0 Å². The SMILES string of the molecule is CCOC(=O)N[C@@H](Cc1ccccc1)C(O)(CCC(F)(F)C(F)(F)C(F)(F)C(F)(F)C(F)(F)C(F)(F)F)CCC(F)(F)C(F)(F)C(F)(F)C(F)(F)C(F)(F)C(F)(F)F. The minimum Gasteiger partial charge on any atom is -0.450 e. The molecule has 0 heterocycles. The number of amides is 1. The number of alkyl halides is 26. The number of ether oxygens (including phenoxy) is 1. The maximum absolute atomic E-state index is 14.7. The summed E-state index contributed by atoms with van der Waals surface area (Å²) >= 11 is 0. The van der Waals surface area contributed by atoms with E-state index in [0.29, 0.717) is 0 Å². The minimum atomic E-state index is -8.49. The van der Waals surface area contributed by atoms with Gasteiger partial charge in [-0.3, -0.25) is 0 Å². The van der Waals surface area contributed by atoms with Crippen molar-refractivity contribution in [3.8, 4) is 0 Å². The summed E-state index contributed by atoms with van der Waals surface area (Å²) in [7, 11) is 0. The number of rotatable bonds is 19. The van der Waals surface area contributed by atoms with Crippen LogP contribution in [-0.4, -0.2) is 101 Å². The molecule has 0 fully saturated rings. The van der Waals surface area contributed by atoms with Gasteiger partial charge in [-0.2, -0.15) is 114 Å². The first-order valence-corrected chi connectivity index (χ1v) is 15.0. The van der Waals surface area contributed by atoms with Crippen LogP contribution >= 0.6 is 0 Å². The van der Waals surface area contributed by atoms with Crippen LogP contribution in [0.4, 0.5) is 119 Å².